The number of H-pyrrole nitrogens is 1. The average molecular weight is 361 g/mol. The van der Waals surface area contributed by atoms with Gasteiger partial charge in [-0.3, -0.25) is 9.69 Å². The summed E-state index contributed by atoms with van der Waals surface area (Å²) in [6, 6.07) is 15.8. The van der Waals surface area contributed by atoms with E-state index in [0.717, 1.165) is 27.8 Å². The molecule has 0 saturated carbocycles. The molecule has 0 bridgehead atoms. The van der Waals surface area contributed by atoms with Gasteiger partial charge in [0.05, 0.1) is 17.8 Å². The molecular weight excluding hydrogens is 342 g/mol. The van der Waals surface area contributed by atoms with Crippen LogP contribution in [0.3, 0.4) is 0 Å². The average Bonchev–Trinajstić information content (AvgIpc) is 3.24. The topological polar surface area (TPSA) is 49.0 Å². The number of benzene rings is 2. The smallest absolute Gasteiger partial charge is 0.237 e. The summed E-state index contributed by atoms with van der Waals surface area (Å²) in [4.78, 5) is 22.8. The molecule has 2 aromatic heterocycles. The van der Waals surface area contributed by atoms with Gasteiger partial charge in [-0.1, -0.05) is 30.3 Å². The Bertz CT molecular complexity index is 1070. The van der Waals surface area contributed by atoms with Crippen LogP contribution in [0.4, 0.5) is 10.8 Å². The number of anilines is 2. The van der Waals surface area contributed by atoms with E-state index < -0.39 is 0 Å². The van der Waals surface area contributed by atoms with E-state index >= 15 is 0 Å². The highest BCUT2D eigenvalue weighted by atomic mass is 32.1. The van der Waals surface area contributed by atoms with Gasteiger partial charge in [-0.25, -0.2) is 4.98 Å². The molecule has 0 saturated heterocycles. The van der Waals surface area contributed by atoms with Gasteiger partial charge < -0.3 is 4.98 Å². The number of aryl methyl sites for hydroxylation is 2. The van der Waals surface area contributed by atoms with E-state index in [4.69, 9.17) is 0 Å². The Morgan fingerprint density at radius 1 is 1.12 bits per heavy atom. The zero-order valence-electron chi connectivity index (χ0n) is 14.7. The lowest BCUT2D eigenvalue weighted by Crippen LogP contribution is -2.27. The van der Waals surface area contributed by atoms with E-state index in [1.54, 1.807) is 4.90 Å². The predicted molar refractivity (Wildman–Crippen MR) is 107 cm³/mol. The molecule has 2 heterocycles. The van der Waals surface area contributed by atoms with Crippen LogP contribution in [0.1, 0.15) is 16.8 Å². The number of rotatable bonds is 4. The predicted octanol–water partition coefficient (Wildman–Crippen LogP) is 5.15. The molecule has 0 radical (unpaired) electrons. The fourth-order valence-electron chi connectivity index (χ4n) is 3.22. The second-order valence-electron chi connectivity index (χ2n) is 6.32. The van der Waals surface area contributed by atoms with Crippen LogP contribution < -0.4 is 4.90 Å². The Kier molecular flexibility index (Phi) is 4.31. The Morgan fingerprint density at radius 3 is 2.65 bits per heavy atom. The molecule has 0 unspecified atom stereocenters. The summed E-state index contributed by atoms with van der Waals surface area (Å²) in [7, 11) is 0. The summed E-state index contributed by atoms with van der Waals surface area (Å²) in [6.07, 6.45) is 2.25. The molecule has 4 aromatic rings. The van der Waals surface area contributed by atoms with Crippen LogP contribution in [-0.2, 0) is 11.2 Å². The van der Waals surface area contributed by atoms with Crippen molar-refractivity contribution in [3.63, 3.8) is 0 Å². The van der Waals surface area contributed by atoms with Crippen molar-refractivity contribution < 1.29 is 4.79 Å². The molecule has 0 fully saturated rings. The highest BCUT2D eigenvalue weighted by molar-refractivity contribution is 7.14. The molecular formula is C21H19N3OS. The number of carbonyl (C=O) groups excluding carboxylic acids is 1. The van der Waals surface area contributed by atoms with Crippen molar-refractivity contribution in [2.75, 3.05) is 4.90 Å². The number of thiazole rings is 1. The Hall–Kier alpha value is -2.92. The van der Waals surface area contributed by atoms with E-state index in [-0.39, 0.29) is 5.91 Å². The summed E-state index contributed by atoms with van der Waals surface area (Å²) in [5, 5.41) is 3.80. The first-order chi connectivity index (χ1) is 12.6. The third kappa shape index (κ3) is 3.02. The van der Waals surface area contributed by atoms with Crippen LogP contribution in [0.15, 0.2) is 60.1 Å². The van der Waals surface area contributed by atoms with E-state index in [1.165, 1.54) is 16.9 Å². The maximum atomic E-state index is 13.3. The van der Waals surface area contributed by atoms with E-state index in [1.807, 2.05) is 61.0 Å². The molecule has 130 valence electrons. The first-order valence-corrected chi connectivity index (χ1v) is 9.37. The van der Waals surface area contributed by atoms with Crippen LogP contribution in [0.2, 0.25) is 0 Å². The van der Waals surface area contributed by atoms with Crippen molar-refractivity contribution in [2.24, 2.45) is 0 Å². The normalized spacial score (nSPS) is 11.0. The number of fused-ring (bicyclic) bond motifs is 1. The lowest BCUT2D eigenvalue weighted by molar-refractivity contribution is -0.117. The van der Waals surface area contributed by atoms with Gasteiger partial charge in [0.25, 0.3) is 0 Å². The zero-order chi connectivity index (χ0) is 18.1. The van der Waals surface area contributed by atoms with Crippen molar-refractivity contribution >= 4 is 39.0 Å². The van der Waals surface area contributed by atoms with Gasteiger partial charge >= 0.3 is 0 Å². The van der Waals surface area contributed by atoms with Gasteiger partial charge in [0.15, 0.2) is 5.13 Å². The monoisotopic (exact) mass is 361 g/mol. The summed E-state index contributed by atoms with van der Waals surface area (Å²) in [6.45, 7) is 4.01. The summed E-state index contributed by atoms with van der Waals surface area (Å²) >= 11 is 1.49. The molecule has 26 heavy (non-hydrogen) atoms. The lowest BCUT2D eigenvalue weighted by atomic mass is 10.0. The molecule has 0 spiro atoms. The van der Waals surface area contributed by atoms with E-state index in [0.29, 0.717) is 11.6 Å². The Labute approximate surface area is 156 Å². The Morgan fingerprint density at radius 2 is 1.92 bits per heavy atom. The molecule has 4 nitrogen and oxygen atoms in total. The second kappa shape index (κ2) is 6.77. The van der Waals surface area contributed by atoms with Crippen LogP contribution in [0.25, 0.3) is 10.9 Å². The van der Waals surface area contributed by atoms with Gasteiger partial charge in [0.1, 0.15) is 0 Å². The molecule has 5 heteroatoms. The van der Waals surface area contributed by atoms with Crippen LogP contribution in [0, 0.1) is 13.8 Å². The van der Waals surface area contributed by atoms with Crippen LogP contribution in [-0.4, -0.2) is 15.9 Å². The minimum absolute atomic E-state index is 0.00898. The largest absolute Gasteiger partial charge is 0.361 e. The molecule has 1 amide bonds. The number of hydrogen-bond acceptors (Lipinski definition) is 3. The molecule has 0 aliphatic heterocycles. The van der Waals surface area contributed by atoms with Crippen molar-refractivity contribution in [2.45, 2.75) is 20.3 Å². The van der Waals surface area contributed by atoms with Crippen molar-refractivity contribution in [1.29, 1.82) is 0 Å². The molecule has 4 rings (SSSR count). The minimum atomic E-state index is 0.00898. The Balaban J connectivity index is 1.73. The van der Waals surface area contributed by atoms with Crippen molar-refractivity contribution in [1.82, 2.24) is 9.97 Å². The fraction of sp³-hybridized carbons (Fsp3) is 0.143. The van der Waals surface area contributed by atoms with Gasteiger partial charge in [0.2, 0.25) is 5.91 Å². The number of aromatic nitrogens is 2. The number of nitrogens with zero attached hydrogens (tertiary/aromatic N) is 2. The van der Waals surface area contributed by atoms with E-state index in [2.05, 4.69) is 23.0 Å². The first-order valence-electron chi connectivity index (χ1n) is 8.49. The molecule has 0 aliphatic carbocycles. The van der Waals surface area contributed by atoms with Gasteiger partial charge in [0, 0.05) is 22.5 Å². The molecule has 1 N–H and O–H groups in total. The van der Waals surface area contributed by atoms with Crippen molar-refractivity contribution in [3.05, 3.63) is 76.9 Å². The number of para-hydroxylation sites is 1. The molecule has 2 aromatic carbocycles. The number of hydrogen-bond donors (Lipinski definition) is 1. The van der Waals surface area contributed by atoms with E-state index in [9.17, 15) is 4.79 Å². The second-order valence-corrected chi connectivity index (χ2v) is 7.16. The van der Waals surface area contributed by atoms with Crippen LogP contribution >= 0.6 is 11.3 Å². The summed E-state index contributed by atoms with van der Waals surface area (Å²) < 4.78 is 0. The summed E-state index contributed by atoms with van der Waals surface area (Å²) in [5.41, 5.74) is 4.99. The number of aromatic amines is 1. The number of carbonyl (C=O) groups is 1. The third-order valence-corrected chi connectivity index (χ3v) is 5.34. The minimum Gasteiger partial charge on any atom is -0.361 e. The highest BCUT2D eigenvalue weighted by Crippen LogP contribution is 2.30. The molecule has 0 atom stereocenters. The van der Waals surface area contributed by atoms with Crippen molar-refractivity contribution in [3.8, 4) is 0 Å². The quantitative estimate of drug-likeness (QED) is 0.546. The molecule has 0 aliphatic rings. The van der Waals surface area contributed by atoms with Gasteiger partial charge in [-0.15, -0.1) is 11.3 Å². The first kappa shape index (κ1) is 16.5. The fourth-order valence-corrected chi connectivity index (χ4v) is 4.05. The SMILES string of the molecule is Cc1csc(N(C(=O)Cc2c[nH]c3cccc(C)c23)c2ccccc2)n1. The van der Waals surface area contributed by atoms with Gasteiger partial charge in [-0.05, 0) is 43.2 Å². The zero-order valence-corrected chi connectivity index (χ0v) is 15.5. The lowest BCUT2D eigenvalue weighted by Gasteiger charge is -2.20. The highest BCUT2D eigenvalue weighted by Gasteiger charge is 2.22. The van der Waals surface area contributed by atoms with Crippen LogP contribution in [0.5, 0.6) is 0 Å². The van der Waals surface area contributed by atoms with Gasteiger partial charge in [-0.2, -0.15) is 0 Å². The maximum Gasteiger partial charge on any atom is 0.237 e. The maximum absolute atomic E-state index is 13.3. The standard InChI is InChI=1S/C21H19N3OS/c1-14-7-6-10-18-20(14)16(12-22-18)11-19(25)24(17-8-4-3-5-9-17)21-23-15(2)13-26-21/h3-10,12-13,22H,11H2,1-2H3. The number of amides is 1. The summed E-state index contributed by atoms with van der Waals surface area (Å²) in [5.74, 6) is 0.00898. The third-order valence-electron chi connectivity index (χ3n) is 4.40. The number of nitrogens with one attached hydrogen (secondary N) is 1.